The summed E-state index contributed by atoms with van der Waals surface area (Å²) in [5.41, 5.74) is 0.553. The molecular weight excluding hydrogens is 310 g/mol. The molecular formula is C17H29N3O4. The molecule has 1 saturated heterocycles. The van der Waals surface area contributed by atoms with Crippen molar-refractivity contribution in [1.82, 2.24) is 14.7 Å². The number of carbonyl (C=O) groups excluding carboxylic acids is 1. The average Bonchev–Trinajstić information content (AvgIpc) is 3.00. The fourth-order valence-corrected chi connectivity index (χ4v) is 2.86. The van der Waals surface area contributed by atoms with Crippen molar-refractivity contribution in [2.75, 3.05) is 26.3 Å². The third-order valence-electron chi connectivity index (χ3n) is 4.38. The van der Waals surface area contributed by atoms with Crippen LogP contribution in [0.2, 0.25) is 0 Å². The third kappa shape index (κ3) is 5.89. The van der Waals surface area contributed by atoms with Crippen LogP contribution in [0.15, 0.2) is 12.4 Å². The Balaban J connectivity index is 1.99. The normalized spacial score (nSPS) is 25.2. The standard InChI is InChI=1S/C17H29N3O4/c1-19-12-14(11-18-19)17(23)20-8-5-3-2-4-6-10-24-13-16(22)15(21)7-9-20/h11-12,15-16,21-22H,2-10,13H2,1H3/t15-,16+/m0/s1. The van der Waals surface area contributed by atoms with Crippen molar-refractivity contribution in [3.05, 3.63) is 18.0 Å². The number of hydrogen-bond acceptors (Lipinski definition) is 5. The second-order valence-electron chi connectivity index (χ2n) is 6.46. The van der Waals surface area contributed by atoms with Gasteiger partial charge in [0.25, 0.3) is 5.91 Å². The van der Waals surface area contributed by atoms with Gasteiger partial charge in [-0.05, 0) is 19.3 Å². The van der Waals surface area contributed by atoms with Gasteiger partial charge in [0.15, 0.2) is 0 Å². The number of rotatable bonds is 1. The summed E-state index contributed by atoms with van der Waals surface area (Å²) in [5, 5.41) is 24.1. The first-order valence-corrected chi connectivity index (χ1v) is 8.79. The molecule has 0 aliphatic carbocycles. The highest BCUT2D eigenvalue weighted by Crippen LogP contribution is 2.12. The van der Waals surface area contributed by atoms with Gasteiger partial charge in [-0.25, -0.2) is 0 Å². The van der Waals surface area contributed by atoms with Crippen molar-refractivity contribution in [3.8, 4) is 0 Å². The highest BCUT2D eigenvalue weighted by Gasteiger charge is 2.21. The maximum absolute atomic E-state index is 12.6. The first-order chi connectivity index (χ1) is 11.6. The fourth-order valence-electron chi connectivity index (χ4n) is 2.86. The van der Waals surface area contributed by atoms with Crippen molar-refractivity contribution in [3.63, 3.8) is 0 Å². The molecule has 2 rings (SSSR count). The van der Waals surface area contributed by atoms with Crippen LogP contribution in [0, 0.1) is 0 Å². The van der Waals surface area contributed by atoms with Crippen LogP contribution in [0.5, 0.6) is 0 Å². The number of ether oxygens (including phenoxy) is 1. The molecule has 1 amide bonds. The van der Waals surface area contributed by atoms with Crippen molar-refractivity contribution < 1.29 is 19.7 Å². The lowest BCUT2D eigenvalue weighted by molar-refractivity contribution is -0.0434. The Labute approximate surface area is 143 Å². The topological polar surface area (TPSA) is 87.8 Å². The van der Waals surface area contributed by atoms with Crippen LogP contribution in [0.1, 0.15) is 48.9 Å². The Morgan fingerprint density at radius 1 is 1.17 bits per heavy atom. The number of aliphatic hydroxyl groups is 2. The molecule has 0 aromatic carbocycles. The van der Waals surface area contributed by atoms with Crippen LogP contribution < -0.4 is 0 Å². The average molecular weight is 339 g/mol. The second-order valence-corrected chi connectivity index (χ2v) is 6.46. The van der Waals surface area contributed by atoms with Crippen molar-refractivity contribution in [2.24, 2.45) is 7.05 Å². The predicted octanol–water partition coefficient (Wildman–Crippen LogP) is 0.955. The van der Waals surface area contributed by atoms with E-state index in [1.807, 2.05) is 0 Å². The molecule has 2 heterocycles. The van der Waals surface area contributed by atoms with Gasteiger partial charge >= 0.3 is 0 Å². The molecule has 7 heteroatoms. The van der Waals surface area contributed by atoms with E-state index in [2.05, 4.69) is 5.10 Å². The summed E-state index contributed by atoms with van der Waals surface area (Å²) >= 11 is 0. The summed E-state index contributed by atoms with van der Waals surface area (Å²) in [6.07, 6.45) is 6.95. The summed E-state index contributed by atoms with van der Waals surface area (Å²) in [7, 11) is 1.78. The molecule has 0 saturated carbocycles. The maximum atomic E-state index is 12.6. The first kappa shape index (κ1) is 18.9. The molecule has 1 aliphatic rings. The number of aryl methyl sites for hydroxylation is 1. The Kier molecular flexibility index (Phi) is 7.68. The minimum Gasteiger partial charge on any atom is -0.390 e. The Hall–Kier alpha value is -1.44. The summed E-state index contributed by atoms with van der Waals surface area (Å²) in [4.78, 5) is 14.4. The fraction of sp³-hybridized carbons (Fsp3) is 0.765. The number of hydrogen-bond donors (Lipinski definition) is 2. The van der Waals surface area contributed by atoms with Crippen LogP contribution in [0.3, 0.4) is 0 Å². The lowest BCUT2D eigenvalue weighted by atomic mass is 10.1. The number of nitrogens with zero attached hydrogens (tertiary/aromatic N) is 3. The van der Waals surface area contributed by atoms with E-state index < -0.39 is 12.2 Å². The van der Waals surface area contributed by atoms with Gasteiger partial charge in [0.05, 0.1) is 24.5 Å². The van der Waals surface area contributed by atoms with E-state index in [9.17, 15) is 15.0 Å². The largest absolute Gasteiger partial charge is 0.390 e. The van der Waals surface area contributed by atoms with Crippen molar-refractivity contribution in [1.29, 1.82) is 0 Å². The molecule has 0 bridgehead atoms. The van der Waals surface area contributed by atoms with E-state index in [1.54, 1.807) is 29.0 Å². The monoisotopic (exact) mass is 339 g/mol. The molecule has 7 nitrogen and oxygen atoms in total. The lowest BCUT2D eigenvalue weighted by Crippen LogP contribution is -2.38. The van der Waals surface area contributed by atoms with Crippen LogP contribution in [0.4, 0.5) is 0 Å². The Bertz CT molecular complexity index is 506. The number of amides is 1. The van der Waals surface area contributed by atoms with Crippen LogP contribution in [0.25, 0.3) is 0 Å². The Morgan fingerprint density at radius 3 is 2.67 bits per heavy atom. The van der Waals surface area contributed by atoms with Gasteiger partial charge in [0.1, 0.15) is 6.10 Å². The molecule has 136 valence electrons. The molecule has 24 heavy (non-hydrogen) atoms. The molecule has 2 N–H and O–H groups in total. The minimum atomic E-state index is -0.914. The van der Waals surface area contributed by atoms with E-state index in [1.165, 1.54) is 0 Å². The number of aliphatic hydroxyl groups excluding tert-OH is 2. The summed E-state index contributed by atoms with van der Waals surface area (Å²) in [5.74, 6) is -0.0758. The zero-order valence-electron chi connectivity index (χ0n) is 14.4. The lowest BCUT2D eigenvalue weighted by Gasteiger charge is -2.25. The summed E-state index contributed by atoms with van der Waals surface area (Å²) in [6.45, 7) is 1.83. The molecule has 1 aromatic heterocycles. The summed E-state index contributed by atoms with van der Waals surface area (Å²) < 4.78 is 7.01. The van der Waals surface area contributed by atoms with E-state index in [-0.39, 0.29) is 12.5 Å². The van der Waals surface area contributed by atoms with E-state index in [4.69, 9.17) is 4.74 Å². The molecule has 0 spiro atoms. The molecule has 0 radical (unpaired) electrons. The SMILES string of the molecule is Cn1cc(C(=O)N2CCCCCCCOC[C@@H](O)[C@@H](O)CC2)cn1. The van der Waals surface area contributed by atoms with Crippen LogP contribution in [-0.2, 0) is 11.8 Å². The third-order valence-corrected chi connectivity index (χ3v) is 4.38. The molecule has 1 fully saturated rings. The van der Waals surface area contributed by atoms with Gasteiger partial charge in [0.2, 0.25) is 0 Å². The van der Waals surface area contributed by atoms with E-state index in [0.29, 0.717) is 31.7 Å². The molecule has 2 atom stereocenters. The van der Waals surface area contributed by atoms with Crippen LogP contribution >= 0.6 is 0 Å². The second kappa shape index (κ2) is 9.76. The number of aromatic nitrogens is 2. The van der Waals surface area contributed by atoms with E-state index in [0.717, 1.165) is 32.1 Å². The summed E-state index contributed by atoms with van der Waals surface area (Å²) in [6, 6.07) is 0. The van der Waals surface area contributed by atoms with Gasteiger partial charge in [-0.3, -0.25) is 9.48 Å². The van der Waals surface area contributed by atoms with Gasteiger partial charge in [-0.1, -0.05) is 19.3 Å². The van der Waals surface area contributed by atoms with Gasteiger partial charge in [-0.15, -0.1) is 0 Å². The first-order valence-electron chi connectivity index (χ1n) is 8.79. The Morgan fingerprint density at radius 2 is 1.92 bits per heavy atom. The minimum absolute atomic E-state index is 0.0758. The highest BCUT2D eigenvalue weighted by atomic mass is 16.5. The molecule has 0 unspecified atom stereocenters. The van der Waals surface area contributed by atoms with Crippen molar-refractivity contribution >= 4 is 5.91 Å². The zero-order chi connectivity index (χ0) is 17.4. The molecule has 1 aliphatic heterocycles. The van der Waals surface area contributed by atoms with Crippen molar-refractivity contribution in [2.45, 2.75) is 50.7 Å². The number of carbonyl (C=O) groups is 1. The highest BCUT2D eigenvalue weighted by molar-refractivity contribution is 5.93. The van der Waals surface area contributed by atoms with Gasteiger partial charge in [0, 0.05) is 32.9 Å². The zero-order valence-corrected chi connectivity index (χ0v) is 14.4. The molecule has 1 aromatic rings. The van der Waals surface area contributed by atoms with Crippen LogP contribution in [-0.4, -0.2) is 69.3 Å². The smallest absolute Gasteiger partial charge is 0.257 e. The maximum Gasteiger partial charge on any atom is 0.257 e. The van der Waals surface area contributed by atoms with Gasteiger partial charge in [-0.2, -0.15) is 5.10 Å². The predicted molar refractivity (Wildman–Crippen MR) is 89.6 cm³/mol. The van der Waals surface area contributed by atoms with Gasteiger partial charge < -0.3 is 19.8 Å². The quantitative estimate of drug-likeness (QED) is 0.795. The van der Waals surface area contributed by atoms with E-state index >= 15 is 0 Å².